The number of carbonyl (C=O) groups is 2. The van der Waals surface area contributed by atoms with Gasteiger partial charge in [-0.15, -0.1) is 0 Å². The summed E-state index contributed by atoms with van der Waals surface area (Å²) in [6.45, 7) is 8.30. The minimum atomic E-state index is -0.656. The van der Waals surface area contributed by atoms with Crippen LogP contribution in [0.3, 0.4) is 0 Å². The van der Waals surface area contributed by atoms with Gasteiger partial charge in [-0.25, -0.2) is 4.79 Å². The van der Waals surface area contributed by atoms with Crippen molar-refractivity contribution in [1.82, 2.24) is 4.90 Å². The fourth-order valence-corrected chi connectivity index (χ4v) is 3.48. The van der Waals surface area contributed by atoms with Crippen molar-refractivity contribution >= 4 is 23.4 Å². The van der Waals surface area contributed by atoms with Gasteiger partial charge in [0, 0.05) is 24.9 Å². The number of hydrogen-bond donors (Lipinski definition) is 1. The summed E-state index contributed by atoms with van der Waals surface area (Å²) in [4.78, 5) is 26.7. The third-order valence-electron chi connectivity index (χ3n) is 5.06. The number of ether oxygens (including phenoxy) is 2. The van der Waals surface area contributed by atoms with Gasteiger partial charge in [0.2, 0.25) is 0 Å². The highest BCUT2D eigenvalue weighted by Crippen LogP contribution is 2.47. The Hall–Kier alpha value is -2.50. The van der Waals surface area contributed by atoms with Gasteiger partial charge in [0.05, 0.1) is 11.4 Å². The number of nitrogens with one attached hydrogen (secondary N) is 1. The summed E-state index contributed by atoms with van der Waals surface area (Å²) in [6.07, 6.45) is 4.12. The molecule has 0 bridgehead atoms. The molecular formula is C21H26N2O4. The van der Waals surface area contributed by atoms with Crippen LogP contribution >= 0.6 is 0 Å². The van der Waals surface area contributed by atoms with Gasteiger partial charge >= 0.3 is 6.09 Å². The molecule has 2 heterocycles. The Labute approximate surface area is 159 Å². The predicted molar refractivity (Wildman–Crippen MR) is 102 cm³/mol. The molecular weight excluding hydrogens is 344 g/mol. The quantitative estimate of drug-likeness (QED) is 0.806. The van der Waals surface area contributed by atoms with Crippen LogP contribution in [0.5, 0.6) is 5.75 Å². The van der Waals surface area contributed by atoms with Crippen molar-refractivity contribution in [2.24, 2.45) is 5.92 Å². The van der Waals surface area contributed by atoms with Crippen LogP contribution in [0.4, 0.5) is 10.5 Å². The van der Waals surface area contributed by atoms with Gasteiger partial charge in [0.25, 0.3) is 5.91 Å². The molecule has 6 nitrogen and oxygen atoms in total. The van der Waals surface area contributed by atoms with Crippen LogP contribution in [0, 0.1) is 5.92 Å². The summed E-state index contributed by atoms with van der Waals surface area (Å²) < 4.78 is 11.5. The maximum atomic E-state index is 12.7. The summed E-state index contributed by atoms with van der Waals surface area (Å²) in [5, 5.41) is 2.96. The van der Waals surface area contributed by atoms with E-state index < -0.39 is 11.2 Å². The van der Waals surface area contributed by atoms with Gasteiger partial charge < -0.3 is 14.8 Å². The highest BCUT2D eigenvalue weighted by atomic mass is 16.6. The van der Waals surface area contributed by atoms with E-state index in [0.29, 0.717) is 23.9 Å². The average Bonchev–Trinajstić information content (AvgIpc) is 3.35. The average molecular weight is 370 g/mol. The fraction of sp³-hybridized carbons (Fsp3) is 0.524. The second-order valence-electron chi connectivity index (χ2n) is 8.78. The molecule has 1 fully saturated rings. The van der Waals surface area contributed by atoms with Gasteiger partial charge in [0.1, 0.15) is 11.4 Å². The topological polar surface area (TPSA) is 67.9 Å². The number of hydrogen-bond acceptors (Lipinski definition) is 4. The molecule has 27 heavy (non-hydrogen) atoms. The SMILES string of the molecule is C[C@H]1CC=C(c2ccc3c(c2)NC(=O)C2(CC2)O3)N(C(=O)OC(C)(C)C)C1. The molecule has 3 aliphatic rings. The van der Waals surface area contributed by atoms with Crippen molar-refractivity contribution in [3.05, 3.63) is 29.8 Å². The molecule has 0 aromatic heterocycles. The van der Waals surface area contributed by atoms with E-state index in [-0.39, 0.29) is 12.0 Å². The molecule has 1 aromatic rings. The van der Waals surface area contributed by atoms with Crippen LogP contribution in [0.15, 0.2) is 24.3 Å². The number of allylic oxidation sites excluding steroid dienone is 1. The molecule has 0 saturated heterocycles. The van der Waals surface area contributed by atoms with Gasteiger partial charge in [-0.05, 0) is 51.3 Å². The third-order valence-corrected chi connectivity index (χ3v) is 5.06. The van der Waals surface area contributed by atoms with Gasteiger partial charge in [-0.1, -0.05) is 13.0 Å². The summed E-state index contributed by atoms with van der Waals surface area (Å²) >= 11 is 0. The molecule has 1 atom stereocenters. The molecule has 4 rings (SSSR count). The number of amides is 2. The summed E-state index contributed by atoms with van der Waals surface area (Å²) in [5.74, 6) is 0.962. The largest absolute Gasteiger partial charge is 0.475 e. The smallest absolute Gasteiger partial charge is 0.414 e. The van der Waals surface area contributed by atoms with E-state index in [4.69, 9.17) is 9.47 Å². The van der Waals surface area contributed by atoms with Crippen molar-refractivity contribution < 1.29 is 19.1 Å². The van der Waals surface area contributed by atoms with Crippen molar-refractivity contribution in [2.45, 2.75) is 58.2 Å². The predicted octanol–water partition coefficient (Wildman–Crippen LogP) is 4.17. The van der Waals surface area contributed by atoms with Gasteiger partial charge in [0.15, 0.2) is 5.60 Å². The van der Waals surface area contributed by atoms with E-state index in [1.54, 1.807) is 4.90 Å². The van der Waals surface area contributed by atoms with E-state index in [2.05, 4.69) is 18.3 Å². The Morgan fingerprint density at radius 1 is 1.33 bits per heavy atom. The Morgan fingerprint density at radius 2 is 2.07 bits per heavy atom. The highest BCUT2D eigenvalue weighted by Gasteiger charge is 2.55. The lowest BCUT2D eigenvalue weighted by Gasteiger charge is -2.34. The van der Waals surface area contributed by atoms with Crippen LogP contribution in [0.2, 0.25) is 0 Å². The zero-order chi connectivity index (χ0) is 19.4. The molecule has 0 unspecified atom stereocenters. The summed E-state index contributed by atoms with van der Waals surface area (Å²) in [7, 11) is 0. The second kappa shape index (κ2) is 6.01. The highest BCUT2D eigenvalue weighted by molar-refractivity contribution is 6.03. The van der Waals surface area contributed by atoms with Crippen LogP contribution in [-0.2, 0) is 9.53 Å². The zero-order valence-corrected chi connectivity index (χ0v) is 16.3. The minimum Gasteiger partial charge on any atom is -0.475 e. The monoisotopic (exact) mass is 370 g/mol. The van der Waals surface area contributed by atoms with E-state index in [1.165, 1.54) is 0 Å². The zero-order valence-electron chi connectivity index (χ0n) is 16.3. The number of anilines is 1. The second-order valence-corrected chi connectivity index (χ2v) is 8.78. The van der Waals surface area contributed by atoms with Crippen LogP contribution < -0.4 is 10.1 Å². The lowest BCUT2D eigenvalue weighted by Crippen LogP contribution is -2.40. The molecule has 2 aliphatic heterocycles. The minimum absolute atomic E-state index is 0.0811. The Bertz CT molecular complexity index is 833. The van der Waals surface area contributed by atoms with E-state index >= 15 is 0 Å². The first-order chi connectivity index (χ1) is 12.7. The fourth-order valence-electron chi connectivity index (χ4n) is 3.48. The van der Waals surface area contributed by atoms with E-state index in [9.17, 15) is 9.59 Å². The van der Waals surface area contributed by atoms with Crippen molar-refractivity contribution in [1.29, 1.82) is 0 Å². The van der Waals surface area contributed by atoms with Crippen molar-refractivity contribution in [3.8, 4) is 5.75 Å². The number of rotatable bonds is 1. The standard InChI is InChI=1S/C21H26N2O4/c1-13-5-7-16(23(12-13)19(25)27-20(2,3)4)14-6-8-17-15(11-14)22-18(24)21(26-17)9-10-21/h6-8,11,13H,5,9-10,12H2,1-4H3,(H,22,24)/t13-/m0/s1. The lowest BCUT2D eigenvalue weighted by molar-refractivity contribution is -0.125. The number of fused-ring (bicyclic) bond motifs is 1. The summed E-state index contributed by atoms with van der Waals surface area (Å²) in [6, 6.07) is 5.68. The lowest BCUT2D eigenvalue weighted by atomic mass is 9.98. The van der Waals surface area contributed by atoms with Gasteiger partial charge in [-0.2, -0.15) is 0 Å². The Morgan fingerprint density at radius 3 is 2.74 bits per heavy atom. The Kier molecular flexibility index (Phi) is 3.98. The third kappa shape index (κ3) is 3.40. The maximum Gasteiger partial charge on any atom is 0.414 e. The first-order valence-electron chi connectivity index (χ1n) is 9.52. The van der Waals surface area contributed by atoms with Crippen LogP contribution in [0.1, 0.15) is 52.5 Å². The molecule has 6 heteroatoms. The molecule has 1 N–H and O–H groups in total. The molecule has 1 aliphatic carbocycles. The van der Waals surface area contributed by atoms with E-state index in [0.717, 1.165) is 30.5 Å². The first kappa shape index (κ1) is 17.9. The van der Waals surface area contributed by atoms with E-state index in [1.807, 2.05) is 39.0 Å². The van der Waals surface area contributed by atoms with Crippen molar-refractivity contribution in [2.75, 3.05) is 11.9 Å². The van der Waals surface area contributed by atoms with Crippen LogP contribution in [0.25, 0.3) is 5.70 Å². The summed E-state index contributed by atoms with van der Waals surface area (Å²) in [5.41, 5.74) is 1.11. The Balaban J connectivity index is 1.63. The van der Waals surface area contributed by atoms with Gasteiger partial charge in [-0.3, -0.25) is 9.69 Å². The number of benzene rings is 1. The molecule has 2 amide bonds. The van der Waals surface area contributed by atoms with Crippen LogP contribution in [-0.4, -0.2) is 34.6 Å². The first-order valence-corrected chi connectivity index (χ1v) is 9.52. The number of nitrogens with zero attached hydrogens (tertiary/aromatic N) is 1. The molecule has 1 spiro atoms. The number of carbonyl (C=O) groups excluding carboxylic acids is 2. The molecule has 1 aromatic carbocycles. The molecule has 0 radical (unpaired) electrons. The van der Waals surface area contributed by atoms with Crippen molar-refractivity contribution in [3.63, 3.8) is 0 Å². The maximum absolute atomic E-state index is 12.7. The normalized spacial score (nSPS) is 23.1. The molecule has 144 valence electrons. The molecule has 1 saturated carbocycles.